The van der Waals surface area contributed by atoms with Gasteiger partial charge in [-0.3, -0.25) is 0 Å². The standard InChI is InChI=1S/C15H21NO/c1-13-11-16(10-8-15(13)12-17)9-7-14-5-3-2-4-6-14/h2-6,12-13,15H,7-11H2,1H3. The molecule has 17 heavy (non-hydrogen) atoms. The summed E-state index contributed by atoms with van der Waals surface area (Å²) < 4.78 is 0. The third-order valence-corrected chi connectivity index (χ3v) is 3.79. The van der Waals surface area contributed by atoms with Gasteiger partial charge in [-0.05, 0) is 30.9 Å². The maximum Gasteiger partial charge on any atom is 0.123 e. The van der Waals surface area contributed by atoms with Crippen LogP contribution < -0.4 is 0 Å². The topological polar surface area (TPSA) is 20.3 Å². The summed E-state index contributed by atoms with van der Waals surface area (Å²) >= 11 is 0. The second kappa shape index (κ2) is 5.97. The van der Waals surface area contributed by atoms with Gasteiger partial charge in [-0.15, -0.1) is 0 Å². The first-order valence-electron chi connectivity index (χ1n) is 6.51. The molecule has 2 unspecified atom stereocenters. The van der Waals surface area contributed by atoms with E-state index in [2.05, 4.69) is 42.2 Å². The molecule has 1 heterocycles. The average Bonchev–Trinajstić information content (AvgIpc) is 2.38. The van der Waals surface area contributed by atoms with Crippen LogP contribution in [0, 0.1) is 11.8 Å². The smallest absolute Gasteiger partial charge is 0.123 e. The number of hydrogen-bond acceptors (Lipinski definition) is 2. The van der Waals surface area contributed by atoms with Gasteiger partial charge in [-0.1, -0.05) is 37.3 Å². The summed E-state index contributed by atoms with van der Waals surface area (Å²) in [6.45, 7) is 5.44. The van der Waals surface area contributed by atoms with Crippen molar-refractivity contribution in [3.05, 3.63) is 35.9 Å². The first-order chi connectivity index (χ1) is 8.29. The number of benzene rings is 1. The van der Waals surface area contributed by atoms with Crippen molar-refractivity contribution < 1.29 is 4.79 Å². The molecule has 0 spiro atoms. The van der Waals surface area contributed by atoms with Gasteiger partial charge in [0.1, 0.15) is 6.29 Å². The Morgan fingerprint density at radius 3 is 2.76 bits per heavy atom. The molecule has 2 nitrogen and oxygen atoms in total. The summed E-state index contributed by atoms with van der Waals surface area (Å²) in [5, 5.41) is 0. The van der Waals surface area contributed by atoms with E-state index in [1.807, 2.05) is 0 Å². The van der Waals surface area contributed by atoms with Crippen molar-refractivity contribution in [3.63, 3.8) is 0 Å². The highest BCUT2D eigenvalue weighted by Gasteiger charge is 2.24. The van der Waals surface area contributed by atoms with Crippen LogP contribution in [0.25, 0.3) is 0 Å². The third-order valence-electron chi connectivity index (χ3n) is 3.79. The summed E-state index contributed by atoms with van der Waals surface area (Å²) in [6, 6.07) is 10.6. The van der Waals surface area contributed by atoms with Crippen molar-refractivity contribution in [2.24, 2.45) is 11.8 Å². The highest BCUT2D eigenvalue weighted by molar-refractivity contribution is 5.54. The fourth-order valence-electron chi connectivity index (χ4n) is 2.59. The zero-order valence-electron chi connectivity index (χ0n) is 10.5. The molecular formula is C15H21NO. The van der Waals surface area contributed by atoms with Crippen LogP contribution in [-0.4, -0.2) is 30.8 Å². The monoisotopic (exact) mass is 231 g/mol. The molecule has 0 amide bonds. The predicted octanol–water partition coefficient (Wildman–Crippen LogP) is 2.39. The summed E-state index contributed by atoms with van der Waals surface area (Å²) in [6.07, 6.45) is 3.28. The molecule has 0 aliphatic carbocycles. The molecule has 0 radical (unpaired) electrons. The van der Waals surface area contributed by atoms with Gasteiger partial charge in [0.2, 0.25) is 0 Å². The molecule has 1 aromatic carbocycles. The van der Waals surface area contributed by atoms with E-state index in [4.69, 9.17) is 0 Å². The lowest BCUT2D eigenvalue weighted by Gasteiger charge is -2.34. The zero-order chi connectivity index (χ0) is 12.1. The van der Waals surface area contributed by atoms with Crippen LogP contribution in [0.3, 0.4) is 0 Å². The Morgan fingerprint density at radius 1 is 1.35 bits per heavy atom. The van der Waals surface area contributed by atoms with Gasteiger partial charge in [0, 0.05) is 19.0 Å². The fourth-order valence-corrected chi connectivity index (χ4v) is 2.59. The molecule has 0 N–H and O–H groups in total. The second-order valence-electron chi connectivity index (χ2n) is 5.10. The number of rotatable bonds is 4. The van der Waals surface area contributed by atoms with E-state index in [1.165, 1.54) is 5.56 Å². The maximum atomic E-state index is 10.8. The molecule has 1 fully saturated rings. The van der Waals surface area contributed by atoms with E-state index >= 15 is 0 Å². The number of aldehydes is 1. The first kappa shape index (κ1) is 12.3. The highest BCUT2D eigenvalue weighted by atomic mass is 16.1. The number of carbonyl (C=O) groups is 1. The molecule has 2 heteroatoms. The van der Waals surface area contributed by atoms with Crippen molar-refractivity contribution in [1.29, 1.82) is 0 Å². The number of carbonyl (C=O) groups excluding carboxylic acids is 1. The van der Waals surface area contributed by atoms with E-state index in [0.29, 0.717) is 5.92 Å². The molecule has 0 aromatic heterocycles. The number of hydrogen-bond donors (Lipinski definition) is 0. The maximum absolute atomic E-state index is 10.8. The Labute approximate surface area is 104 Å². The summed E-state index contributed by atoms with van der Waals surface area (Å²) in [5.74, 6) is 0.792. The van der Waals surface area contributed by atoms with Gasteiger partial charge < -0.3 is 9.69 Å². The van der Waals surface area contributed by atoms with Crippen LogP contribution in [0.2, 0.25) is 0 Å². The quantitative estimate of drug-likeness (QED) is 0.742. The molecule has 0 bridgehead atoms. The molecule has 2 atom stereocenters. The summed E-state index contributed by atoms with van der Waals surface area (Å²) in [7, 11) is 0. The van der Waals surface area contributed by atoms with Crippen LogP contribution in [0.15, 0.2) is 30.3 Å². The van der Waals surface area contributed by atoms with E-state index in [9.17, 15) is 4.79 Å². The van der Waals surface area contributed by atoms with Crippen LogP contribution in [-0.2, 0) is 11.2 Å². The molecule has 2 rings (SSSR count). The van der Waals surface area contributed by atoms with Gasteiger partial charge in [0.25, 0.3) is 0 Å². The van der Waals surface area contributed by atoms with Crippen LogP contribution in [0.1, 0.15) is 18.9 Å². The lowest BCUT2D eigenvalue weighted by atomic mass is 9.88. The van der Waals surface area contributed by atoms with Crippen molar-refractivity contribution >= 4 is 6.29 Å². The second-order valence-corrected chi connectivity index (χ2v) is 5.10. The minimum Gasteiger partial charge on any atom is -0.303 e. The summed E-state index contributed by atoms with van der Waals surface area (Å²) in [4.78, 5) is 13.3. The molecule has 1 aromatic rings. The van der Waals surface area contributed by atoms with Crippen molar-refractivity contribution in [1.82, 2.24) is 4.90 Å². The molecular weight excluding hydrogens is 210 g/mol. The van der Waals surface area contributed by atoms with Gasteiger partial charge >= 0.3 is 0 Å². The lowest BCUT2D eigenvalue weighted by molar-refractivity contribution is -0.113. The van der Waals surface area contributed by atoms with Crippen LogP contribution in [0.5, 0.6) is 0 Å². The molecule has 0 saturated carbocycles. The van der Waals surface area contributed by atoms with Gasteiger partial charge in [-0.2, -0.15) is 0 Å². The summed E-state index contributed by atoms with van der Waals surface area (Å²) in [5.41, 5.74) is 1.40. The lowest BCUT2D eigenvalue weighted by Crippen LogP contribution is -2.40. The van der Waals surface area contributed by atoms with E-state index in [1.54, 1.807) is 0 Å². The molecule has 92 valence electrons. The SMILES string of the molecule is CC1CN(CCc2ccccc2)CCC1C=O. The Hall–Kier alpha value is -1.15. The predicted molar refractivity (Wildman–Crippen MR) is 69.9 cm³/mol. The van der Waals surface area contributed by atoms with Crippen LogP contribution >= 0.6 is 0 Å². The Morgan fingerprint density at radius 2 is 2.12 bits per heavy atom. The molecule has 1 aliphatic heterocycles. The zero-order valence-corrected chi connectivity index (χ0v) is 10.5. The third kappa shape index (κ3) is 3.40. The Kier molecular flexibility index (Phi) is 4.32. The van der Waals surface area contributed by atoms with Crippen molar-refractivity contribution in [2.75, 3.05) is 19.6 Å². The van der Waals surface area contributed by atoms with Gasteiger partial charge in [-0.25, -0.2) is 0 Å². The minimum absolute atomic E-state index is 0.281. The van der Waals surface area contributed by atoms with Gasteiger partial charge in [0.15, 0.2) is 0 Å². The molecule has 1 saturated heterocycles. The fraction of sp³-hybridized carbons (Fsp3) is 0.533. The number of likely N-dealkylation sites (tertiary alicyclic amines) is 1. The van der Waals surface area contributed by atoms with E-state index in [0.717, 1.165) is 38.8 Å². The van der Waals surface area contributed by atoms with Crippen molar-refractivity contribution in [3.8, 4) is 0 Å². The average molecular weight is 231 g/mol. The number of nitrogens with zero attached hydrogens (tertiary/aromatic N) is 1. The molecule has 1 aliphatic rings. The normalized spacial score (nSPS) is 25.7. The Balaban J connectivity index is 1.79. The van der Waals surface area contributed by atoms with Crippen LogP contribution in [0.4, 0.5) is 0 Å². The largest absolute Gasteiger partial charge is 0.303 e. The van der Waals surface area contributed by atoms with E-state index in [-0.39, 0.29) is 5.92 Å². The first-order valence-corrected chi connectivity index (χ1v) is 6.51. The highest BCUT2D eigenvalue weighted by Crippen LogP contribution is 2.21. The van der Waals surface area contributed by atoms with E-state index < -0.39 is 0 Å². The van der Waals surface area contributed by atoms with Gasteiger partial charge in [0.05, 0.1) is 0 Å². The van der Waals surface area contributed by atoms with Crippen molar-refractivity contribution in [2.45, 2.75) is 19.8 Å². The Bertz CT molecular complexity index is 349. The number of piperidine rings is 1. The minimum atomic E-state index is 0.281.